The van der Waals surface area contributed by atoms with Crippen molar-refractivity contribution >= 4 is 0 Å². The van der Waals surface area contributed by atoms with Gasteiger partial charge in [0.25, 0.3) is 0 Å². The molecule has 6 atom stereocenters. The van der Waals surface area contributed by atoms with Crippen molar-refractivity contribution in [1.82, 2.24) is 10.6 Å². The van der Waals surface area contributed by atoms with Crippen molar-refractivity contribution in [2.75, 3.05) is 19.8 Å². The van der Waals surface area contributed by atoms with Gasteiger partial charge in [0.15, 0.2) is 0 Å². The van der Waals surface area contributed by atoms with Crippen LogP contribution in [-0.2, 0) is 9.47 Å². The molecule has 2 N–H and O–H groups in total. The zero-order chi connectivity index (χ0) is 12.7. The van der Waals surface area contributed by atoms with Crippen LogP contribution in [0.5, 0.6) is 0 Å². The number of rotatable bonds is 3. The van der Waals surface area contributed by atoms with E-state index in [9.17, 15) is 0 Å². The van der Waals surface area contributed by atoms with Crippen LogP contribution in [0.15, 0.2) is 0 Å². The Balaban J connectivity index is 1.37. The molecule has 4 rings (SSSR count). The Morgan fingerprint density at radius 2 is 2.05 bits per heavy atom. The molecule has 0 spiro atoms. The molecule has 3 saturated heterocycles. The summed E-state index contributed by atoms with van der Waals surface area (Å²) in [6.45, 7) is 2.79. The molecule has 0 aromatic heterocycles. The van der Waals surface area contributed by atoms with Crippen LogP contribution < -0.4 is 10.6 Å². The molecule has 108 valence electrons. The zero-order valence-corrected chi connectivity index (χ0v) is 11.6. The van der Waals surface area contributed by atoms with E-state index in [-0.39, 0.29) is 0 Å². The van der Waals surface area contributed by atoms with Crippen LogP contribution in [0.3, 0.4) is 0 Å². The number of hydrogen-bond acceptors (Lipinski definition) is 4. The minimum Gasteiger partial charge on any atom is -0.379 e. The maximum absolute atomic E-state index is 5.97. The van der Waals surface area contributed by atoms with E-state index in [1.165, 1.54) is 38.5 Å². The average molecular weight is 266 g/mol. The highest BCUT2D eigenvalue weighted by atomic mass is 16.5. The zero-order valence-electron chi connectivity index (χ0n) is 11.6. The van der Waals surface area contributed by atoms with Crippen molar-refractivity contribution in [3.05, 3.63) is 0 Å². The standard InChI is InChI=1S/C15H26N2O2/c1-2-11(14-9-18-7-6-16-14)12(3-1)17-13-8-10-4-5-15(13)19-10/h10-17H,1-9H2. The quantitative estimate of drug-likeness (QED) is 0.801. The van der Waals surface area contributed by atoms with E-state index in [0.717, 1.165) is 25.7 Å². The molecule has 4 fully saturated rings. The summed E-state index contributed by atoms with van der Waals surface area (Å²) in [4.78, 5) is 0. The van der Waals surface area contributed by atoms with Crippen LogP contribution in [0.4, 0.5) is 0 Å². The maximum Gasteiger partial charge on any atom is 0.0733 e. The molecule has 4 aliphatic rings. The fourth-order valence-corrected chi connectivity index (χ4v) is 4.63. The van der Waals surface area contributed by atoms with Gasteiger partial charge in [-0.2, -0.15) is 0 Å². The van der Waals surface area contributed by atoms with Crippen molar-refractivity contribution in [2.24, 2.45) is 5.92 Å². The Hall–Kier alpha value is -0.160. The molecule has 1 saturated carbocycles. The Morgan fingerprint density at radius 1 is 1.05 bits per heavy atom. The monoisotopic (exact) mass is 266 g/mol. The van der Waals surface area contributed by atoms with Crippen molar-refractivity contribution in [2.45, 2.75) is 68.9 Å². The average Bonchev–Trinajstić information content (AvgIpc) is 3.16. The number of hydrogen-bond donors (Lipinski definition) is 2. The molecule has 19 heavy (non-hydrogen) atoms. The number of morpholine rings is 1. The Kier molecular flexibility index (Phi) is 3.52. The molecular formula is C15H26N2O2. The smallest absolute Gasteiger partial charge is 0.0733 e. The first kappa shape index (κ1) is 12.6. The lowest BCUT2D eigenvalue weighted by Crippen LogP contribution is -2.53. The van der Waals surface area contributed by atoms with Crippen molar-refractivity contribution in [1.29, 1.82) is 0 Å². The molecule has 6 unspecified atom stereocenters. The molecule has 0 aromatic carbocycles. The maximum atomic E-state index is 5.97. The summed E-state index contributed by atoms with van der Waals surface area (Å²) in [5.41, 5.74) is 0. The van der Waals surface area contributed by atoms with Crippen LogP contribution in [0.25, 0.3) is 0 Å². The topological polar surface area (TPSA) is 42.5 Å². The summed E-state index contributed by atoms with van der Waals surface area (Å²) < 4.78 is 11.6. The van der Waals surface area contributed by atoms with Gasteiger partial charge in [0, 0.05) is 24.7 Å². The second-order valence-electron chi connectivity index (χ2n) is 6.72. The molecule has 4 nitrogen and oxygen atoms in total. The lowest BCUT2D eigenvalue weighted by atomic mass is 9.90. The van der Waals surface area contributed by atoms with Gasteiger partial charge in [0.1, 0.15) is 0 Å². The third kappa shape index (κ3) is 2.44. The normalized spacial score (nSPS) is 49.9. The minimum absolute atomic E-state index is 0.502. The summed E-state index contributed by atoms with van der Waals surface area (Å²) in [5.74, 6) is 0.749. The lowest BCUT2D eigenvalue weighted by Gasteiger charge is -2.35. The van der Waals surface area contributed by atoms with Gasteiger partial charge in [-0.05, 0) is 38.0 Å². The summed E-state index contributed by atoms with van der Waals surface area (Å²) in [6.07, 6.45) is 8.89. The van der Waals surface area contributed by atoms with Crippen LogP contribution in [0.1, 0.15) is 38.5 Å². The van der Waals surface area contributed by atoms with Crippen LogP contribution in [0.2, 0.25) is 0 Å². The van der Waals surface area contributed by atoms with E-state index in [0.29, 0.717) is 30.3 Å². The van der Waals surface area contributed by atoms with Crippen LogP contribution in [0, 0.1) is 5.92 Å². The predicted octanol–water partition coefficient (Wildman–Crippen LogP) is 1.05. The van der Waals surface area contributed by atoms with Gasteiger partial charge in [-0.25, -0.2) is 0 Å². The first-order valence-electron chi connectivity index (χ1n) is 8.13. The first-order chi connectivity index (χ1) is 9.40. The van der Waals surface area contributed by atoms with E-state index in [2.05, 4.69) is 10.6 Å². The molecule has 0 aromatic rings. The Labute approximate surface area is 115 Å². The Bertz CT molecular complexity index is 319. The molecule has 3 aliphatic heterocycles. The molecule has 3 heterocycles. The largest absolute Gasteiger partial charge is 0.379 e. The van der Waals surface area contributed by atoms with E-state index in [1.54, 1.807) is 0 Å². The van der Waals surface area contributed by atoms with Gasteiger partial charge in [0.2, 0.25) is 0 Å². The van der Waals surface area contributed by atoms with Crippen molar-refractivity contribution in [3.63, 3.8) is 0 Å². The SMILES string of the molecule is C1CC(NC2CC3CCC2O3)C(C2COCCN2)C1. The highest BCUT2D eigenvalue weighted by Gasteiger charge is 2.43. The molecule has 4 heteroatoms. The summed E-state index contributed by atoms with van der Waals surface area (Å²) in [6, 6.07) is 1.86. The van der Waals surface area contributed by atoms with Gasteiger partial charge in [0.05, 0.1) is 25.4 Å². The lowest BCUT2D eigenvalue weighted by molar-refractivity contribution is 0.0499. The fourth-order valence-electron chi connectivity index (χ4n) is 4.63. The second kappa shape index (κ2) is 5.32. The van der Waals surface area contributed by atoms with Gasteiger partial charge in [-0.15, -0.1) is 0 Å². The molecular weight excluding hydrogens is 240 g/mol. The summed E-state index contributed by atoms with van der Waals surface area (Å²) in [5, 5.41) is 7.59. The molecule has 2 bridgehead atoms. The summed E-state index contributed by atoms with van der Waals surface area (Å²) in [7, 11) is 0. The summed E-state index contributed by atoms with van der Waals surface area (Å²) >= 11 is 0. The third-order valence-corrected chi connectivity index (χ3v) is 5.57. The first-order valence-corrected chi connectivity index (χ1v) is 8.13. The second-order valence-corrected chi connectivity index (χ2v) is 6.72. The van der Waals surface area contributed by atoms with Crippen LogP contribution >= 0.6 is 0 Å². The van der Waals surface area contributed by atoms with Gasteiger partial charge in [-0.1, -0.05) is 6.42 Å². The number of ether oxygens (including phenoxy) is 2. The molecule has 0 radical (unpaired) electrons. The highest BCUT2D eigenvalue weighted by molar-refractivity contribution is 4.99. The van der Waals surface area contributed by atoms with E-state index in [4.69, 9.17) is 9.47 Å². The highest BCUT2D eigenvalue weighted by Crippen LogP contribution is 2.37. The van der Waals surface area contributed by atoms with Crippen LogP contribution in [-0.4, -0.2) is 50.1 Å². The fraction of sp³-hybridized carbons (Fsp3) is 1.00. The minimum atomic E-state index is 0.502. The molecule has 0 amide bonds. The van der Waals surface area contributed by atoms with E-state index in [1.807, 2.05) is 0 Å². The Morgan fingerprint density at radius 3 is 2.79 bits per heavy atom. The van der Waals surface area contributed by atoms with Gasteiger partial charge >= 0.3 is 0 Å². The van der Waals surface area contributed by atoms with Gasteiger partial charge < -0.3 is 20.1 Å². The van der Waals surface area contributed by atoms with E-state index < -0.39 is 0 Å². The predicted molar refractivity (Wildman–Crippen MR) is 73.2 cm³/mol. The molecule has 1 aliphatic carbocycles. The van der Waals surface area contributed by atoms with E-state index >= 15 is 0 Å². The number of fused-ring (bicyclic) bond motifs is 2. The number of nitrogens with one attached hydrogen (secondary N) is 2. The van der Waals surface area contributed by atoms with Crippen molar-refractivity contribution in [3.8, 4) is 0 Å². The van der Waals surface area contributed by atoms with Crippen molar-refractivity contribution < 1.29 is 9.47 Å². The van der Waals surface area contributed by atoms with Gasteiger partial charge in [-0.3, -0.25) is 0 Å². The third-order valence-electron chi connectivity index (χ3n) is 5.57.